The van der Waals surface area contributed by atoms with Crippen LogP contribution < -0.4 is 5.32 Å². The quantitative estimate of drug-likeness (QED) is 0.716. The number of amides is 3. The van der Waals surface area contributed by atoms with Crippen molar-refractivity contribution in [2.45, 2.75) is 77.0 Å². The van der Waals surface area contributed by atoms with Crippen molar-refractivity contribution in [1.82, 2.24) is 15.1 Å². The van der Waals surface area contributed by atoms with Crippen LogP contribution >= 0.6 is 0 Å². The van der Waals surface area contributed by atoms with Gasteiger partial charge in [0.15, 0.2) is 5.71 Å². The smallest absolute Gasteiger partial charge is 0.356 e. The molecule has 0 aromatic rings. The van der Waals surface area contributed by atoms with Gasteiger partial charge in [0.1, 0.15) is 5.60 Å². The van der Waals surface area contributed by atoms with Gasteiger partial charge in [-0.2, -0.15) is 0 Å². The molecular weight excluding hydrogens is 376 g/mol. The molecular formula is C20H32N4O5. The van der Waals surface area contributed by atoms with Crippen LogP contribution in [0.3, 0.4) is 0 Å². The molecule has 1 aliphatic carbocycles. The molecule has 0 bridgehead atoms. The van der Waals surface area contributed by atoms with Gasteiger partial charge in [-0.15, -0.1) is 0 Å². The fourth-order valence-corrected chi connectivity index (χ4v) is 3.81. The average Bonchev–Trinajstić information content (AvgIpc) is 3.17. The van der Waals surface area contributed by atoms with E-state index >= 15 is 0 Å². The topological polar surface area (TPSA) is 101 Å². The summed E-state index contributed by atoms with van der Waals surface area (Å²) in [6.45, 7) is 7.17. The SMILES string of the molecule is CC(C)(C)OC(=O)C1=NO[C@@H](C(=O)N2CCN(C(=O)NC3CCCCC3)CC2)C1. The van der Waals surface area contributed by atoms with Crippen LogP contribution in [-0.4, -0.2) is 77.3 Å². The summed E-state index contributed by atoms with van der Waals surface area (Å²) in [6, 6.07) is 0.225. The van der Waals surface area contributed by atoms with Crippen LogP contribution in [0.25, 0.3) is 0 Å². The minimum absolute atomic E-state index is 0.0448. The molecule has 0 unspecified atom stereocenters. The molecule has 3 amide bonds. The van der Waals surface area contributed by atoms with Crippen molar-refractivity contribution in [3.05, 3.63) is 0 Å². The van der Waals surface area contributed by atoms with Gasteiger partial charge in [0, 0.05) is 38.6 Å². The highest BCUT2D eigenvalue weighted by atomic mass is 16.7. The predicted octanol–water partition coefficient (Wildman–Crippen LogP) is 1.66. The molecule has 2 aliphatic heterocycles. The third-order valence-electron chi connectivity index (χ3n) is 5.39. The lowest BCUT2D eigenvalue weighted by molar-refractivity contribution is -0.146. The van der Waals surface area contributed by atoms with Crippen LogP contribution in [-0.2, 0) is 19.2 Å². The number of carbonyl (C=O) groups is 3. The fourth-order valence-electron chi connectivity index (χ4n) is 3.81. The van der Waals surface area contributed by atoms with Gasteiger partial charge in [-0.1, -0.05) is 24.4 Å². The molecule has 9 heteroatoms. The third kappa shape index (κ3) is 5.83. The molecule has 9 nitrogen and oxygen atoms in total. The maximum atomic E-state index is 12.7. The van der Waals surface area contributed by atoms with Gasteiger partial charge >= 0.3 is 12.0 Å². The average molecular weight is 408 g/mol. The first-order chi connectivity index (χ1) is 13.7. The van der Waals surface area contributed by atoms with Gasteiger partial charge in [-0.25, -0.2) is 9.59 Å². The summed E-state index contributed by atoms with van der Waals surface area (Å²) in [5.41, 5.74) is -0.500. The Balaban J connectivity index is 1.42. The zero-order chi connectivity index (χ0) is 21.0. The Labute approximate surface area is 171 Å². The third-order valence-corrected chi connectivity index (χ3v) is 5.39. The Kier molecular flexibility index (Phi) is 6.64. The molecule has 0 aromatic carbocycles. The lowest BCUT2D eigenvalue weighted by Crippen LogP contribution is -2.56. The standard InChI is InChI=1S/C20H32N4O5/c1-20(2,3)28-18(26)15-13-16(29-22-15)17(25)23-9-11-24(12-10-23)19(27)21-14-7-5-4-6-8-14/h14,16H,4-13H2,1-3H3,(H,21,27)/t16-/m1/s1. The van der Waals surface area contributed by atoms with E-state index < -0.39 is 17.7 Å². The molecule has 29 heavy (non-hydrogen) atoms. The molecule has 0 spiro atoms. The molecule has 1 atom stereocenters. The molecule has 0 aromatic heterocycles. The predicted molar refractivity (Wildman–Crippen MR) is 106 cm³/mol. The Morgan fingerprint density at radius 3 is 2.28 bits per heavy atom. The number of esters is 1. The van der Waals surface area contributed by atoms with E-state index in [-0.39, 0.29) is 30.1 Å². The number of nitrogens with one attached hydrogen (secondary N) is 1. The van der Waals surface area contributed by atoms with E-state index in [0.717, 1.165) is 12.8 Å². The number of piperazine rings is 1. The molecule has 162 valence electrons. The van der Waals surface area contributed by atoms with Crippen molar-refractivity contribution in [2.24, 2.45) is 5.16 Å². The van der Waals surface area contributed by atoms with Crippen LogP contribution in [0.4, 0.5) is 4.79 Å². The number of hydrogen-bond donors (Lipinski definition) is 1. The van der Waals surface area contributed by atoms with Crippen LogP contribution in [0, 0.1) is 0 Å². The van der Waals surface area contributed by atoms with Crippen molar-refractivity contribution < 1.29 is 24.0 Å². The van der Waals surface area contributed by atoms with Crippen LogP contribution in [0.5, 0.6) is 0 Å². The molecule has 0 radical (unpaired) electrons. The maximum Gasteiger partial charge on any atom is 0.356 e. The van der Waals surface area contributed by atoms with Crippen molar-refractivity contribution >= 4 is 23.6 Å². The molecule has 1 saturated carbocycles. The molecule has 2 fully saturated rings. The number of urea groups is 1. The van der Waals surface area contributed by atoms with Gasteiger partial charge in [-0.05, 0) is 33.6 Å². The maximum absolute atomic E-state index is 12.7. The number of hydrogen-bond acceptors (Lipinski definition) is 6. The summed E-state index contributed by atoms with van der Waals surface area (Å²) < 4.78 is 5.27. The van der Waals surface area contributed by atoms with E-state index in [1.165, 1.54) is 19.3 Å². The Bertz CT molecular complexity index is 658. The summed E-state index contributed by atoms with van der Waals surface area (Å²) >= 11 is 0. The van der Waals surface area contributed by atoms with Gasteiger partial charge in [-0.3, -0.25) is 4.79 Å². The Morgan fingerprint density at radius 2 is 1.66 bits per heavy atom. The second kappa shape index (κ2) is 9.00. The Morgan fingerprint density at radius 1 is 1.03 bits per heavy atom. The molecule has 1 N–H and O–H groups in total. The monoisotopic (exact) mass is 408 g/mol. The first kappa shape index (κ1) is 21.4. The minimum atomic E-state index is -0.805. The number of nitrogens with zero attached hydrogens (tertiary/aromatic N) is 3. The summed E-state index contributed by atoms with van der Waals surface area (Å²) in [7, 11) is 0. The highest BCUT2D eigenvalue weighted by molar-refractivity contribution is 6.37. The van der Waals surface area contributed by atoms with Gasteiger partial charge in [0.2, 0.25) is 6.10 Å². The highest BCUT2D eigenvalue weighted by Gasteiger charge is 2.37. The lowest BCUT2D eigenvalue weighted by atomic mass is 9.96. The second-order valence-corrected chi connectivity index (χ2v) is 8.93. The van der Waals surface area contributed by atoms with Crippen LogP contribution in [0.1, 0.15) is 59.3 Å². The van der Waals surface area contributed by atoms with Gasteiger partial charge in [0.25, 0.3) is 5.91 Å². The van der Waals surface area contributed by atoms with Crippen LogP contribution in [0.2, 0.25) is 0 Å². The number of carbonyl (C=O) groups excluding carboxylic acids is 3. The molecule has 1 saturated heterocycles. The summed E-state index contributed by atoms with van der Waals surface area (Å²) in [5, 5.41) is 6.86. The zero-order valence-electron chi connectivity index (χ0n) is 17.6. The van der Waals surface area contributed by atoms with E-state index in [4.69, 9.17) is 9.57 Å². The van der Waals surface area contributed by atoms with E-state index in [1.54, 1.807) is 30.6 Å². The second-order valence-electron chi connectivity index (χ2n) is 8.93. The van der Waals surface area contributed by atoms with Crippen molar-refractivity contribution in [2.75, 3.05) is 26.2 Å². The number of oxime groups is 1. The summed E-state index contributed by atoms with van der Waals surface area (Å²) in [4.78, 5) is 45.9. The van der Waals surface area contributed by atoms with E-state index in [9.17, 15) is 14.4 Å². The normalized spacial score (nSPS) is 23.3. The molecule has 3 aliphatic rings. The van der Waals surface area contributed by atoms with E-state index in [0.29, 0.717) is 26.2 Å². The van der Waals surface area contributed by atoms with Crippen LogP contribution in [0.15, 0.2) is 5.16 Å². The summed E-state index contributed by atoms with van der Waals surface area (Å²) in [5.74, 6) is -0.767. The van der Waals surface area contributed by atoms with E-state index in [1.807, 2.05) is 0 Å². The van der Waals surface area contributed by atoms with Crippen molar-refractivity contribution in [3.63, 3.8) is 0 Å². The largest absolute Gasteiger partial charge is 0.455 e. The van der Waals surface area contributed by atoms with E-state index in [2.05, 4.69) is 10.5 Å². The fraction of sp³-hybridized carbons (Fsp3) is 0.800. The lowest BCUT2D eigenvalue weighted by Gasteiger charge is -2.36. The zero-order valence-corrected chi connectivity index (χ0v) is 17.6. The van der Waals surface area contributed by atoms with Gasteiger partial charge in [0.05, 0.1) is 0 Å². The molecule has 2 heterocycles. The first-order valence-corrected chi connectivity index (χ1v) is 10.5. The molecule has 3 rings (SSSR count). The summed E-state index contributed by atoms with van der Waals surface area (Å²) in [6.07, 6.45) is 4.97. The number of ether oxygens (including phenoxy) is 1. The Hall–Kier alpha value is -2.32. The van der Waals surface area contributed by atoms with Gasteiger partial charge < -0.3 is 24.7 Å². The number of rotatable bonds is 3. The first-order valence-electron chi connectivity index (χ1n) is 10.5. The van der Waals surface area contributed by atoms with Crippen molar-refractivity contribution in [1.29, 1.82) is 0 Å². The highest BCUT2D eigenvalue weighted by Crippen LogP contribution is 2.19. The van der Waals surface area contributed by atoms with Crippen molar-refractivity contribution in [3.8, 4) is 0 Å². The minimum Gasteiger partial charge on any atom is -0.455 e.